The van der Waals surface area contributed by atoms with Crippen LogP contribution in [0.4, 0.5) is 0 Å². The first-order valence-corrected chi connectivity index (χ1v) is 7.63. The van der Waals surface area contributed by atoms with E-state index in [1.165, 1.54) is 5.56 Å². The minimum atomic E-state index is 0.652. The van der Waals surface area contributed by atoms with Crippen LogP contribution in [0.2, 0.25) is 0 Å². The van der Waals surface area contributed by atoms with Gasteiger partial charge in [0.1, 0.15) is 0 Å². The third-order valence-corrected chi connectivity index (χ3v) is 3.61. The minimum Gasteiger partial charge on any atom is -0.312 e. The van der Waals surface area contributed by atoms with Crippen molar-refractivity contribution in [2.75, 3.05) is 6.54 Å². The summed E-state index contributed by atoms with van der Waals surface area (Å²) in [5.74, 6) is 1.41. The van der Waals surface area contributed by atoms with E-state index in [9.17, 15) is 0 Å². The SMILES string of the molecule is Cc1ccc(-c2ncc(CNCC(C)C)cn2)c(Br)c1. The van der Waals surface area contributed by atoms with Gasteiger partial charge >= 0.3 is 0 Å². The minimum absolute atomic E-state index is 0.652. The van der Waals surface area contributed by atoms with Crippen molar-refractivity contribution in [1.82, 2.24) is 15.3 Å². The first-order chi connectivity index (χ1) is 9.56. The van der Waals surface area contributed by atoms with E-state index < -0.39 is 0 Å². The number of aromatic nitrogens is 2. The van der Waals surface area contributed by atoms with Crippen molar-refractivity contribution >= 4 is 15.9 Å². The number of rotatable bonds is 5. The monoisotopic (exact) mass is 333 g/mol. The number of nitrogens with zero attached hydrogens (tertiary/aromatic N) is 2. The fourth-order valence-corrected chi connectivity index (χ4v) is 2.56. The Labute approximate surface area is 129 Å². The highest BCUT2D eigenvalue weighted by Gasteiger charge is 2.06. The lowest BCUT2D eigenvalue weighted by Gasteiger charge is -2.08. The topological polar surface area (TPSA) is 37.8 Å². The lowest BCUT2D eigenvalue weighted by molar-refractivity contribution is 0.551. The van der Waals surface area contributed by atoms with Crippen LogP contribution in [0.25, 0.3) is 11.4 Å². The number of hydrogen-bond donors (Lipinski definition) is 1. The molecule has 0 atom stereocenters. The Morgan fingerprint density at radius 3 is 2.50 bits per heavy atom. The Hall–Kier alpha value is -1.26. The molecule has 2 aromatic rings. The Bertz CT molecular complexity index is 564. The van der Waals surface area contributed by atoms with Crippen molar-refractivity contribution in [2.45, 2.75) is 27.3 Å². The Morgan fingerprint density at radius 1 is 1.20 bits per heavy atom. The molecule has 0 radical (unpaired) electrons. The van der Waals surface area contributed by atoms with Gasteiger partial charge in [-0.3, -0.25) is 0 Å². The Balaban J connectivity index is 2.07. The fraction of sp³-hybridized carbons (Fsp3) is 0.375. The van der Waals surface area contributed by atoms with Crippen LogP contribution in [0.3, 0.4) is 0 Å². The molecule has 0 fully saturated rings. The largest absolute Gasteiger partial charge is 0.312 e. The molecule has 2 rings (SSSR count). The van der Waals surface area contributed by atoms with Crippen LogP contribution in [0.5, 0.6) is 0 Å². The molecule has 3 nitrogen and oxygen atoms in total. The summed E-state index contributed by atoms with van der Waals surface area (Å²) in [5.41, 5.74) is 3.35. The van der Waals surface area contributed by atoms with Gasteiger partial charge < -0.3 is 5.32 Å². The molecule has 1 heterocycles. The van der Waals surface area contributed by atoms with Gasteiger partial charge in [-0.25, -0.2) is 9.97 Å². The van der Waals surface area contributed by atoms with Gasteiger partial charge in [0.25, 0.3) is 0 Å². The first-order valence-electron chi connectivity index (χ1n) is 6.84. The molecule has 0 unspecified atom stereocenters. The summed E-state index contributed by atoms with van der Waals surface area (Å²) in [4.78, 5) is 8.91. The van der Waals surface area contributed by atoms with E-state index in [2.05, 4.69) is 64.1 Å². The van der Waals surface area contributed by atoms with Crippen LogP contribution in [-0.2, 0) is 6.54 Å². The van der Waals surface area contributed by atoms with Gasteiger partial charge in [0.15, 0.2) is 5.82 Å². The molecule has 0 saturated carbocycles. The molecule has 0 saturated heterocycles. The highest BCUT2D eigenvalue weighted by Crippen LogP contribution is 2.26. The van der Waals surface area contributed by atoms with Gasteiger partial charge in [-0.05, 0) is 37.1 Å². The van der Waals surface area contributed by atoms with Gasteiger partial charge in [0, 0.05) is 34.5 Å². The van der Waals surface area contributed by atoms with Crippen molar-refractivity contribution in [1.29, 1.82) is 0 Å². The van der Waals surface area contributed by atoms with Crippen molar-refractivity contribution in [2.24, 2.45) is 5.92 Å². The number of halogens is 1. The molecule has 20 heavy (non-hydrogen) atoms. The van der Waals surface area contributed by atoms with E-state index in [-0.39, 0.29) is 0 Å². The predicted octanol–water partition coefficient (Wildman–Crippen LogP) is 3.96. The lowest BCUT2D eigenvalue weighted by atomic mass is 10.1. The van der Waals surface area contributed by atoms with E-state index in [0.717, 1.165) is 34.5 Å². The van der Waals surface area contributed by atoms with Crippen molar-refractivity contribution in [3.05, 3.63) is 46.2 Å². The van der Waals surface area contributed by atoms with Crippen molar-refractivity contribution in [3.8, 4) is 11.4 Å². The van der Waals surface area contributed by atoms with E-state index in [1.54, 1.807) is 0 Å². The quantitative estimate of drug-likeness (QED) is 0.899. The maximum absolute atomic E-state index is 4.46. The maximum Gasteiger partial charge on any atom is 0.160 e. The zero-order valence-corrected chi connectivity index (χ0v) is 13.7. The average Bonchev–Trinajstić information content (AvgIpc) is 2.39. The van der Waals surface area contributed by atoms with Crippen LogP contribution in [0, 0.1) is 12.8 Å². The van der Waals surface area contributed by atoms with E-state index >= 15 is 0 Å². The van der Waals surface area contributed by atoms with Gasteiger partial charge in [0.2, 0.25) is 0 Å². The highest BCUT2D eigenvalue weighted by molar-refractivity contribution is 9.10. The number of benzene rings is 1. The van der Waals surface area contributed by atoms with Crippen molar-refractivity contribution in [3.63, 3.8) is 0 Å². The molecule has 0 aliphatic rings. The Kier molecular flexibility index (Phi) is 5.26. The number of aryl methyl sites for hydroxylation is 1. The Morgan fingerprint density at radius 2 is 1.90 bits per heavy atom. The molecule has 1 N–H and O–H groups in total. The predicted molar refractivity (Wildman–Crippen MR) is 86.4 cm³/mol. The summed E-state index contributed by atoms with van der Waals surface area (Å²) in [6.07, 6.45) is 3.78. The summed E-state index contributed by atoms with van der Waals surface area (Å²) in [6.45, 7) is 8.28. The van der Waals surface area contributed by atoms with Crippen molar-refractivity contribution < 1.29 is 0 Å². The zero-order chi connectivity index (χ0) is 14.5. The summed E-state index contributed by atoms with van der Waals surface area (Å²) in [6, 6.07) is 6.20. The summed E-state index contributed by atoms with van der Waals surface area (Å²) in [7, 11) is 0. The molecule has 1 aromatic carbocycles. The van der Waals surface area contributed by atoms with Gasteiger partial charge in [-0.1, -0.05) is 35.8 Å². The fourth-order valence-electron chi connectivity index (χ4n) is 1.89. The molecular weight excluding hydrogens is 314 g/mol. The smallest absolute Gasteiger partial charge is 0.160 e. The zero-order valence-electron chi connectivity index (χ0n) is 12.2. The molecule has 0 amide bonds. The number of nitrogens with one attached hydrogen (secondary N) is 1. The molecule has 106 valence electrons. The van der Waals surface area contributed by atoms with Crippen LogP contribution in [0.15, 0.2) is 35.1 Å². The van der Waals surface area contributed by atoms with Crippen LogP contribution < -0.4 is 5.32 Å². The van der Waals surface area contributed by atoms with Gasteiger partial charge in [0.05, 0.1) is 0 Å². The normalized spacial score (nSPS) is 11.1. The standard InChI is InChI=1S/C16H20BrN3/c1-11(2)7-18-8-13-9-19-16(20-10-13)14-5-4-12(3)6-15(14)17/h4-6,9-11,18H,7-8H2,1-3H3. The van der Waals surface area contributed by atoms with Gasteiger partial charge in [-0.2, -0.15) is 0 Å². The van der Waals surface area contributed by atoms with Crippen LogP contribution >= 0.6 is 15.9 Å². The molecule has 1 aromatic heterocycles. The number of hydrogen-bond acceptors (Lipinski definition) is 3. The maximum atomic E-state index is 4.46. The van der Waals surface area contributed by atoms with Gasteiger partial charge in [-0.15, -0.1) is 0 Å². The third-order valence-electron chi connectivity index (χ3n) is 2.95. The summed E-state index contributed by atoms with van der Waals surface area (Å²) in [5, 5.41) is 3.39. The second-order valence-corrected chi connectivity index (χ2v) is 6.28. The lowest BCUT2D eigenvalue weighted by Crippen LogP contribution is -2.19. The van der Waals surface area contributed by atoms with E-state index in [1.807, 2.05) is 18.5 Å². The summed E-state index contributed by atoms with van der Waals surface area (Å²) >= 11 is 3.57. The van der Waals surface area contributed by atoms with E-state index in [0.29, 0.717) is 5.92 Å². The average molecular weight is 334 g/mol. The third kappa shape index (κ3) is 4.12. The molecule has 0 aliphatic heterocycles. The molecule has 0 spiro atoms. The molecule has 4 heteroatoms. The second-order valence-electron chi connectivity index (χ2n) is 5.42. The first kappa shape index (κ1) is 15.1. The molecule has 0 bridgehead atoms. The van der Waals surface area contributed by atoms with Crippen LogP contribution in [0.1, 0.15) is 25.0 Å². The second kappa shape index (κ2) is 6.95. The molecule has 0 aliphatic carbocycles. The molecular formula is C16H20BrN3. The van der Waals surface area contributed by atoms with Crippen LogP contribution in [-0.4, -0.2) is 16.5 Å². The summed E-state index contributed by atoms with van der Waals surface area (Å²) < 4.78 is 1.03. The van der Waals surface area contributed by atoms with E-state index in [4.69, 9.17) is 0 Å². The highest BCUT2D eigenvalue weighted by atomic mass is 79.9.